The minimum atomic E-state index is -0.466. The second kappa shape index (κ2) is 6.96. The maximum Gasteiger partial charge on any atom is 0.230 e. The second-order valence-electron chi connectivity index (χ2n) is 6.01. The van der Waals surface area contributed by atoms with Gasteiger partial charge in [-0.3, -0.25) is 9.48 Å². The van der Waals surface area contributed by atoms with Crippen LogP contribution in [-0.2, 0) is 28.4 Å². The van der Waals surface area contributed by atoms with Crippen molar-refractivity contribution in [2.75, 3.05) is 19.8 Å². The number of ether oxygens (including phenoxy) is 1. The first-order valence-electron chi connectivity index (χ1n) is 8.11. The molecule has 0 bridgehead atoms. The van der Waals surface area contributed by atoms with Gasteiger partial charge in [0.15, 0.2) is 0 Å². The molecule has 122 valence electrons. The molecule has 1 fully saturated rings. The highest BCUT2D eigenvalue weighted by Crippen LogP contribution is 2.35. The van der Waals surface area contributed by atoms with Crippen molar-refractivity contribution in [2.24, 2.45) is 7.05 Å². The molecule has 0 atom stereocenters. The minimum Gasteiger partial charge on any atom is -0.381 e. The van der Waals surface area contributed by atoms with E-state index in [1.54, 1.807) is 6.20 Å². The molecular weight excluding hydrogens is 290 g/mol. The molecule has 1 N–H and O–H groups in total. The van der Waals surface area contributed by atoms with Crippen molar-refractivity contribution < 1.29 is 9.53 Å². The van der Waals surface area contributed by atoms with Gasteiger partial charge in [-0.1, -0.05) is 30.3 Å². The molecule has 2 aromatic rings. The van der Waals surface area contributed by atoms with Crippen LogP contribution in [0, 0.1) is 0 Å². The number of aromatic nitrogens is 2. The average Bonchev–Trinajstić information content (AvgIpc) is 3.01. The topological polar surface area (TPSA) is 56.2 Å². The van der Waals surface area contributed by atoms with Crippen LogP contribution in [0.3, 0.4) is 0 Å². The van der Waals surface area contributed by atoms with Gasteiger partial charge in [-0.2, -0.15) is 5.10 Å². The van der Waals surface area contributed by atoms with Gasteiger partial charge in [0.1, 0.15) is 0 Å². The fourth-order valence-corrected chi connectivity index (χ4v) is 3.24. The highest BCUT2D eigenvalue weighted by Gasteiger charge is 2.41. The quantitative estimate of drug-likeness (QED) is 0.916. The second-order valence-corrected chi connectivity index (χ2v) is 6.01. The molecule has 0 saturated carbocycles. The first-order valence-corrected chi connectivity index (χ1v) is 8.11. The molecule has 0 radical (unpaired) electrons. The van der Waals surface area contributed by atoms with Gasteiger partial charge in [-0.05, 0) is 24.5 Å². The Kier molecular flexibility index (Phi) is 4.76. The number of carbonyl (C=O) groups excluding carboxylic acids is 1. The number of aryl methyl sites for hydroxylation is 1. The van der Waals surface area contributed by atoms with Gasteiger partial charge < -0.3 is 10.1 Å². The van der Waals surface area contributed by atoms with Crippen LogP contribution in [0.5, 0.6) is 0 Å². The number of carbonyl (C=O) groups is 1. The van der Waals surface area contributed by atoms with E-state index in [0.29, 0.717) is 19.8 Å². The van der Waals surface area contributed by atoms with Gasteiger partial charge in [0.2, 0.25) is 5.91 Å². The summed E-state index contributed by atoms with van der Waals surface area (Å²) in [6.45, 7) is 1.88. The van der Waals surface area contributed by atoms with E-state index in [4.69, 9.17) is 4.74 Å². The van der Waals surface area contributed by atoms with E-state index in [0.717, 1.165) is 30.5 Å². The summed E-state index contributed by atoms with van der Waals surface area (Å²) in [4.78, 5) is 12.9. The van der Waals surface area contributed by atoms with E-state index in [1.165, 1.54) is 0 Å². The SMILES string of the molecule is Cn1nccc1CCNC(=O)C1(c2ccccc2)CCOCC1. The monoisotopic (exact) mass is 313 g/mol. The molecule has 1 aromatic heterocycles. The molecule has 5 nitrogen and oxygen atoms in total. The normalized spacial score (nSPS) is 16.9. The lowest BCUT2D eigenvalue weighted by molar-refractivity contribution is -0.130. The fourth-order valence-electron chi connectivity index (χ4n) is 3.24. The highest BCUT2D eigenvalue weighted by molar-refractivity contribution is 5.88. The van der Waals surface area contributed by atoms with E-state index in [9.17, 15) is 4.79 Å². The predicted octanol–water partition coefficient (Wildman–Crippen LogP) is 1.83. The lowest BCUT2D eigenvalue weighted by atomic mass is 9.73. The number of hydrogen-bond donors (Lipinski definition) is 1. The van der Waals surface area contributed by atoms with Crippen LogP contribution in [0.2, 0.25) is 0 Å². The molecule has 1 saturated heterocycles. The molecule has 1 aromatic carbocycles. The van der Waals surface area contributed by atoms with Crippen LogP contribution in [-0.4, -0.2) is 35.4 Å². The number of nitrogens with one attached hydrogen (secondary N) is 1. The smallest absolute Gasteiger partial charge is 0.230 e. The minimum absolute atomic E-state index is 0.106. The Hall–Kier alpha value is -2.14. The third kappa shape index (κ3) is 3.29. The first kappa shape index (κ1) is 15.7. The molecule has 0 aliphatic carbocycles. The molecule has 0 spiro atoms. The predicted molar refractivity (Wildman–Crippen MR) is 88.1 cm³/mol. The van der Waals surface area contributed by atoms with Crippen LogP contribution >= 0.6 is 0 Å². The number of benzene rings is 1. The van der Waals surface area contributed by atoms with Crippen molar-refractivity contribution in [2.45, 2.75) is 24.7 Å². The Morgan fingerprint density at radius 2 is 2.00 bits per heavy atom. The fraction of sp³-hybridized carbons (Fsp3) is 0.444. The van der Waals surface area contributed by atoms with Gasteiger partial charge in [-0.25, -0.2) is 0 Å². The summed E-state index contributed by atoms with van der Waals surface area (Å²) in [6.07, 6.45) is 4.02. The van der Waals surface area contributed by atoms with E-state index in [1.807, 2.05) is 48.1 Å². The van der Waals surface area contributed by atoms with Crippen molar-refractivity contribution in [1.82, 2.24) is 15.1 Å². The van der Waals surface area contributed by atoms with Crippen molar-refractivity contribution >= 4 is 5.91 Å². The summed E-state index contributed by atoms with van der Waals surface area (Å²) >= 11 is 0. The van der Waals surface area contributed by atoms with Crippen molar-refractivity contribution in [1.29, 1.82) is 0 Å². The number of amides is 1. The number of rotatable bonds is 5. The lowest BCUT2D eigenvalue weighted by Gasteiger charge is -2.36. The van der Waals surface area contributed by atoms with E-state index >= 15 is 0 Å². The van der Waals surface area contributed by atoms with Gasteiger partial charge >= 0.3 is 0 Å². The summed E-state index contributed by atoms with van der Waals surface area (Å²) in [5.74, 6) is 0.106. The molecule has 1 aliphatic heterocycles. The van der Waals surface area contributed by atoms with E-state index < -0.39 is 5.41 Å². The highest BCUT2D eigenvalue weighted by atomic mass is 16.5. The zero-order valence-corrected chi connectivity index (χ0v) is 13.5. The van der Waals surface area contributed by atoms with Crippen molar-refractivity contribution in [3.05, 3.63) is 53.9 Å². The molecule has 0 unspecified atom stereocenters. The van der Waals surface area contributed by atoms with Gasteiger partial charge in [-0.15, -0.1) is 0 Å². The number of hydrogen-bond acceptors (Lipinski definition) is 3. The Balaban J connectivity index is 1.70. The lowest BCUT2D eigenvalue weighted by Crippen LogP contribution is -2.48. The molecule has 3 rings (SSSR count). The largest absolute Gasteiger partial charge is 0.381 e. The summed E-state index contributed by atoms with van der Waals surface area (Å²) < 4.78 is 7.32. The van der Waals surface area contributed by atoms with Gasteiger partial charge in [0, 0.05) is 45.1 Å². The Morgan fingerprint density at radius 1 is 1.26 bits per heavy atom. The van der Waals surface area contributed by atoms with Gasteiger partial charge in [0.05, 0.1) is 5.41 Å². The van der Waals surface area contributed by atoms with Crippen molar-refractivity contribution in [3.63, 3.8) is 0 Å². The molecular formula is C18H23N3O2. The van der Waals surface area contributed by atoms with Crippen LogP contribution in [0.15, 0.2) is 42.6 Å². The first-order chi connectivity index (χ1) is 11.2. The maximum atomic E-state index is 12.9. The zero-order chi connectivity index (χ0) is 16.1. The standard InChI is InChI=1S/C18H23N3O2/c1-21-16(8-12-20-21)7-11-19-17(22)18(9-13-23-14-10-18)15-5-3-2-4-6-15/h2-6,8,12H,7,9-11,13-14H2,1H3,(H,19,22). The third-order valence-corrected chi connectivity index (χ3v) is 4.70. The molecule has 1 aliphatic rings. The summed E-state index contributed by atoms with van der Waals surface area (Å²) in [6, 6.07) is 12.0. The van der Waals surface area contributed by atoms with Crippen LogP contribution in [0.25, 0.3) is 0 Å². The van der Waals surface area contributed by atoms with E-state index in [-0.39, 0.29) is 5.91 Å². The summed E-state index contributed by atoms with van der Waals surface area (Å²) in [5.41, 5.74) is 1.73. The van der Waals surface area contributed by atoms with Crippen LogP contribution in [0.4, 0.5) is 0 Å². The summed E-state index contributed by atoms with van der Waals surface area (Å²) in [5, 5.41) is 7.27. The van der Waals surface area contributed by atoms with Crippen LogP contribution in [0.1, 0.15) is 24.1 Å². The molecule has 1 amide bonds. The van der Waals surface area contributed by atoms with Crippen LogP contribution < -0.4 is 5.32 Å². The van der Waals surface area contributed by atoms with Gasteiger partial charge in [0.25, 0.3) is 0 Å². The third-order valence-electron chi connectivity index (χ3n) is 4.70. The molecule has 23 heavy (non-hydrogen) atoms. The average molecular weight is 313 g/mol. The van der Waals surface area contributed by atoms with Crippen molar-refractivity contribution in [3.8, 4) is 0 Å². The maximum absolute atomic E-state index is 12.9. The van der Waals surface area contributed by atoms with E-state index in [2.05, 4.69) is 10.4 Å². The Labute approximate surface area is 136 Å². The molecule has 5 heteroatoms. The zero-order valence-electron chi connectivity index (χ0n) is 13.5. The Morgan fingerprint density at radius 3 is 2.65 bits per heavy atom. The Bertz CT molecular complexity index is 645. The number of nitrogens with zero attached hydrogens (tertiary/aromatic N) is 2. The molecule has 2 heterocycles. The summed E-state index contributed by atoms with van der Waals surface area (Å²) in [7, 11) is 1.92.